The van der Waals surface area contributed by atoms with Crippen LogP contribution in [0.25, 0.3) is 0 Å². The van der Waals surface area contributed by atoms with E-state index in [2.05, 4.69) is 57.3 Å². The second kappa shape index (κ2) is 5.96. The third-order valence-corrected chi connectivity index (χ3v) is 9.86. The lowest BCUT2D eigenvalue weighted by molar-refractivity contribution is -0.148. The first-order valence-electron chi connectivity index (χ1n) is 7.96. The molecule has 0 heterocycles. The molecule has 0 aromatic heterocycles. The average molecular weight is 305 g/mol. The lowest BCUT2D eigenvalue weighted by Gasteiger charge is -2.49. The summed E-state index contributed by atoms with van der Waals surface area (Å²) in [5.41, 5.74) is 0.952. The SMILES string of the molecule is CC(=O)O[C@@H]1CCC(C)(C)[C@H]([Si](C)(C)c2ccccc2)C1. The number of benzene rings is 1. The molecule has 0 saturated heterocycles. The Hall–Kier alpha value is -1.09. The molecule has 1 aliphatic carbocycles. The van der Waals surface area contributed by atoms with E-state index in [9.17, 15) is 4.79 Å². The van der Waals surface area contributed by atoms with Gasteiger partial charge < -0.3 is 4.74 Å². The minimum Gasteiger partial charge on any atom is -0.463 e. The molecular formula is C18H28O2Si. The van der Waals surface area contributed by atoms with Gasteiger partial charge in [0, 0.05) is 6.92 Å². The van der Waals surface area contributed by atoms with Gasteiger partial charge in [-0.15, -0.1) is 0 Å². The number of rotatable bonds is 3. The summed E-state index contributed by atoms with van der Waals surface area (Å²) in [7, 11) is -1.60. The average Bonchev–Trinajstić information content (AvgIpc) is 2.41. The van der Waals surface area contributed by atoms with Crippen molar-refractivity contribution < 1.29 is 9.53 Å². The van der Waals surface area contributed by atoms with Crippen LogP contribution >= 0.6 is 0 Å². The molecule has 1 fully saturated rings. The molecule has 1 aromatic rings. The molecule has 1 aliphatic rings. The van der Waals surface area contributed by atoms with Crippen molar-refractivity contribution in [1.29, 1.82) is 0 Å². The van der Waals surface area contributed by atoms with Crippen LogP contribution in [-0.4, -0.2) is 20.1 Å². The van der Waals surface area contributed by atoms with Crippen LogP contribution in [0.15, 0.2) is 30.3 Å². The summed E-state index contributed by atoms with van der Waals surface area (Å²) < 4.78 is 5.53. The molecule has 0 aliphatic heterocycles. The molecule has 0 bridgehead atoms. The topological polar surface area (TPSA) is 26.3 Å². The molecule has 2 atom stereocenters. The number of hydrogen-bond acceptors (Lipinski definition) is 2. The van der Waals surface area contributed by atoms with Crippen LogP contribution in [0.5, 0.6) is 0 Å². The van der Waals surface area contributed by atoms with Crippen LogP contribution in [0, 0.1) is 5.41 Å². The highest BCUT2D eigenvalue weighted by molar-refractivity contribution is 6.91. The standard InChI is InChI=1S/C18H28O2Si/c1-14(19)20-15-11-12-18(2,3)17(13-15)21(4,5)16-9-7-6-8-10-16/h6-10,15,17H,11-13H2,1-5H3/t15-,17-/m1/s1. The van der Waals surface area contributed by atoms with Crippen LogP contribution in [0.2, 0.25) is 18.6 Å². The molecule has 0 unspecified atom stereocenters. The molecule has 21 heavy (non-hydrogen) atoms. The summed E-state index contributed by atoms with van der Waals surface area (Å²) in [5.74, 6) is -0.141. The Morgan fingerprint density at radius 2 is 1.86 bits per heavy atom. The number of esters is 1. The number of hydrogen-bond donors (Lipinski definition) is 0. The fourth-order valence-corrected chi connectivity index (χ4v) is 8.49. The van der Waals surface area contributed by atoms with Gasteiger partial charge in [-0.2, -0.15) is 0 Å². The van der Waals surface area contributed by atoms with Gasteiger partial charge in [-0.3, -0.25) is 4.79 Å². The van der Waals surface area contributed by atoms with Gasteiger partial charge in [0.2, 0.25) is 0 Å². The molecule has 0 N–H and O–H groups in total. The van der Waals surface area contributed by atoms with Gasteiger partial charge in [0.15, 0.2) is 0 Å². The highest BCUT2D eigenvalue weighted by atomic mass is 28.3. The van der Waals surface area contributed by atoms with E-state index in [0.29, 0.717) is 11.0 Å². The van der Waals surface area contributed by atoms with Crippen molar-refractivity contribution >= 4 is 19.2 Å². The van der Waals surface area contributed by atoms with Crippen molar-refractivity contribution in [3.05, 3.63) is 30.3 Å². The second-order valence-electron chi connectivity index (χ2n) is 7.63. The predicted molar refractivity (Wildman–Crippen MR) is 90.5 cm³/mol. The fourth-order valence-electron chi connectivity index (χ4n) is 4.09. The van der Waals surface area contributed by atoms with Crippen molar-refractivity contribution in [2.75, 3.05) is 0 Å². The highest BCUT2D eigenvalue weighted by Gasteiger charge is 2.47. The molecule has 2 rings (SSSR count). The van der Waals surface area contributed by atoms with Crippen LogP contribution < -0.4 is 5.19 Å². The summed E-state index contributed by atoms with van der Waals surface area (Å²) in [6.07, 6.45) is 3.26. The van der Waals surface area contributed by atoms with Crippen LogP contribution in [-0.2, 0) is 9.53 Å². The van der Waals surface area contributed by atoms with Crippen molar-refractivity contribution in [2.24, 2.45) is 5.41 Å². The molecule has 0 radical (unpaired) electrons. The van der Waals surface area contributed by atoms with Gasteiger partial charge >= 0.3 is 5.97 Å². The fraction of sp³-hybridized carbons (Fsp3) is 0.611. The maximum absolute atomic E-state index is 11.3. The summed E-state index contributed by atoms with van der Waals surface area (Å²) in [5, 5.41) is 1.51. The summed E-state index contributed by atoms with van der Waals surface area (Å²) in [4.78, 5) is 11.3. The number of carbonyl (C=O) groups is 1. The monoisotopic (exact) mass is 304 g/mol. The minimum atomic E-state index is -1.60. The van der Waals surface area contributed by atoms with Gasteiger partial charge in [0.05, 0.1) is 8.07 Å². The first-order chi connectivity index (χ1) is 9.73. The molecule has 116 valence electrons. The van der Waals surface area contributed by atoms with Crippen LogP contribution in [0.3, 0.4) is 0 Å². The Kier molecular flexibility index (Phi) is 4.62. The summed E-state index contributed by atoms with van der Waals surface area (Å²) in [6, 6.07) is 10.9. The number of ether oxygens (including phenoxy) is 1. The zero-order chi connectivity index (χ0) is 15.7. The normalized spacial score (nSPS) is 25.4. The minimum absolute atomic E-state index is 0.107. The molecule has 0 amide bonds. The molecule has 1 saturated carbocycles. The molecule has 0 spiro atoms. The largest absolute Gasteiger partial charge is 0.463 e. The Balaban J connectivity index is 2.27. The van der Waals surface area contributed by atoms with Crippen molar-refractivity contribution in [3.63, 3.8) is 0 Å². The number of carbonyl (C=O) groups excluding carboxylic acids is 1. The molecule has 2 nitrogen and oxygen atoms in total. The quantitative estimate of drug-likeness (QED) is 0.620. The van der Waals surface area contributed by atoms with E-state index in [0.717, 1.165) is 19.3 Å². The van der Waals surface area contributed by atoms with Crippen molar-refractivity contribution in [2.45, 2.75) is 64.8 Å². The molecular weight excluding hydrogens is 276 g/mol. The van der Waals surface area contributed by atoms with E-state index in [1.165, 1.54) is 12.1 Å². The zero-order valence-corrected chi connectivity index (χ0v) is 15.0. The lowest BCUT2D eigenvalue weighted by Crippen LogP contribution is -2.53. The van der Waals surface area contributed by atoms with Gasteiger partial charge in [-0.05, 0) is 30.2 Å². The van der Waals surface area contributed by atoms with Crippen molar-refractivity contribution in [3.8, 4) is 0 Å². The Morgan fingerprint density at radius 3 is 2.43 bits per heavy atom. The van der Waals surface area contributed by atoms with Crippen LogP contribution in [0.4, 0.5) is 0 Å². The maximum atomic E-state index is 11.3. The third kappa shape index (κ3) is 3.57. The van der Waals surface area contributed by atoms with Crippen molar-refractivity contribution in [1.82, 2.24) is 0 Å². The molecule has 3 heteroatoms. The predicted octanol–water partition coefficient (Wildman–Crippen LogP) is 4.11. The molecule has 1 aromatic carbocycles. The second-order valence-corrected chi connectivity index (χ2v) is 12.4. The lowest BCUT2D eigenvalue weighted by atomic mass is 9.75. The van der Waals surface area contributed by atoms with E-state index >= 15 is 0 Å². The summed E-state index contributed by atoms with van der Waals surface area (Å²) >= 11 is 0. The van der Waals surface area contributed by atoms with Crippen LogP contribution in [0.1, 0.15) is 40.0 Å². The van der Waals surface area contributed by atoms with Gasteiger partial charge in [-0.25, -0.2) is 0 Å². The zero-order valence-electron chi connectivity index (χ0n) is 14.0. The third-order valence-electron chi connectivity index (χ3n) is 5.27. The van der Waals surface area contributed by atoms with Gasteiger partial charge in [0.25, 0.3) is 0 Å². The maximum Gasteiger partial charge on any atom is 0.302 e. The van der Waals surface area contributed by atoms with E-state index in [-0.39, 0.29) is 12.1 Å². The summed E-state index contributed by atoms with van der Waals surface area (Å²) in [6.45, 7) is 11.2. The highest BCUT2D eigenvalue weighted by Crippen LogP contribution is 2.50. The van der Waals surface area contributed by atoms with E-state index in [1.54, 1.807) is 0 Å². The first kappa shape index (κ1) is 16.3. The van der Waals surface area contributed by atoms with Gasteiger partial charge in [-0.1, -0.05) is 62.5 Å². The Labute approximate surface area is 129 Å². The van der Waals surface area contributed by atoms with Gasteiger partial charge in [0.1, 0.15) is 6.10 Å². The van der Waals surface area contributed by atoms with E-state index in [4.69, 9.17) is 4.74 Å². The Morgan fingerprint density at radius 1 is 1.24 bits per heavy atom. The van der Waals surface area contributed by atoms with E-state index in [1.807, 2.05) is 0 Å². The smallest absolute Gasteiger partial charge is 0.302 e. The first-order valence-corrected chi connectivity index (χ1v) is 11.0. The van der Waals surface area contributed by atoms with E-state index < -0.39 is 8.07 Å². The Bertz CT molecular complexity index is 493.